The zero-order valence-corrected chi connectivity index (χ0v) is 12.6. The highest BCUT2D eigenvalue weighted by molar-refractivity contribution is 6.31. The van der Waals surface area contributed by atoms with E-state index in [1.54, 1.807) is 24.3 Å². The van der Waals surface area contributed by atoms with Crippen molar-refractivity contribution in [3.8, 4) is 5.75 Å². The summed E-state index contributed by atoms with van der Waals surface area (Å²) in [6, 6.07) is 12.8. The summed E-state index contributed by atoms with van der Waals surface area (Å²) in [5, 5.41) is 6.74. The minimum atomic E-state index is -0.359. The fourth-order valence-corrected chi connectivity index (χ4v) is 2.56. The molecule has 2 N–H and O–H groups in total. The summed E-state index contributed by atoms with van der Waals surface area (Å²) >= 11 is 5.94. The topological polar surface area (TPSA) is 50.4 Å². The molecule has 0 bridgehead atoms. The lowest BCUT2D eigenvalue weighted by Gasteiger charge is -2.29. The van der Waals surface area contributed by atoms with Gasteiger partial charge in [0.1, 0.15) is 18.5 Å². The van der Waals surface area contributed by atoms with Crippen LogP contribution in [-0.4, -0.2) is 12.5 Å². The second-order valence-corrected chi connectivity index (χ2v) is 5.31. The van der Waals surface area contributed by atoms with Crippen LogP contribution in [0.3, 0.4) is 0 Å². The predicted octanol–water partition coefficient (Wildman–Crippen LogP) is 3.76. The number of fused-ring (bicyclic) bond motifs is 1. The molecule has 3 rings (SSSR count). The van der Waals surface area contributed by atoms with Gasteiger partial charge in [-0.2, -0.15) is 0 Å². The summed E-state index contributed by atoms with van der Waals surface area (Å²) in [6.07, 6.45) is 1.32. The van der Waals surface area contributed by atoms with Crippen LogP contribution in [0.2, 0.25) is 5.02 Å². The lowest BCUT2D eigenvalue weighted by Crippen LogP contribution is -2.38. The number of hydrogen-bond acceptors (Lipinski definition) is 3. The molecule has 1 aliphatic rings. The van der Waals surface area contributed by atoms with E-state index in [4.69, 9.17) is 16.3 Å². The van der Waals surface area contributed by atoms with E-state index >= 15 is 0 Å². The van der Waals surface area contributed by atoms with Crippen molar-refractivity contribution in [1.82, 2.24) is 5.32 Å². The van der Waals surface area contributed by atoms with Gasteiger partial charge in [-0.1, -0.05) is 42.5 Å². The van der Waals surface area contributed by atoms with E-state index < -0.39 is 0 Å². The number of ether oxygens (including phenoxy) is 1. The van der Waals surface area contributed by atoms with Crippen LogP contribution in [0.25, 0.3) is 0 Å². The lowest BCUT2D eigenvalue weighted by atomic mass is 10.1. The molecule has 22 heavy (non-hydrogen) atoms. The molecule has 0 aromatic heterocycles. The van der Waals surface area contributed by atoms with Crippen molar-refractivity contribution in [2.24, 2.45) is 0 Å². The molecule has 1 aliphatic heterocycles. The first-order valence-corrected chi connectivity index (χ1v) is 7.26. The summed E-state index contributed by atoms with van der Waals surface area (Å²) in [4.78, 5) is 12.3. The van der Waals surface area contributed by atoms with Gasteiger partial charge in [0.25, 0.3) is 5.91 Å². The number of hydrogen-bond donors (Lipinski definition) is 2. The number of rotatable bonds is 4. The third-order valence-electron chi connectivity index (χ3n) is 3.39. The Morgan fingerprint density at radius 1 is 1.23 bits per heavy atom. The van der Waals surface area contributed by atoms with Crippen LogP contribution in [0.1, 0.15) is 22.1 Å². The van der Waals surface area contributed by atoms with Gasteiger partial charge in [0, 0.05) is 16.3 Å². The standard InChI is InChI=1S/C17H15ClN2O2/c1-2-9-22-15-6-4-3-5-12(15)16-19-14-8-7-11(18)10-13(14)17(21)20-16/h2-8,10,16,19H,1,9H2,(H,20,21)/t16-/m1/s1. The molecule has 1 amide bonds. The SMILES string of the molecule is C=CCOc1ccccc1[C@H]1NC(=O)c2cc(Cl)ccc2N1. The van der Waals surface area contributed by atoms with Gasteiger partial charge < -0.3 is 15.4 Å². The molecule has 0 radical (unpaired) electrons. The quantitative estimate of drug-likeness (QED) is 0.845. The summed E-state index contributed by atoms with van der Waals surface area (Å²) in [5.41, 5.74) is 2.14. The molecule has 2 aromatic rings. The van der Waals surface area contributed by atoms with Crippen LogP contribution in [-0.2, 0) is 0 Å². The molecule has 1 atom stereocenters. The second kappa shape index (κ2) is 6.12. The van der Waals surface area contributed by atoms with Crippen LogP contribution in [0.15, 0.2) is 55.1 Å². The van der Waals surface area contributed by atoms with Gasteiger partial charge in [-0.15, -0.1) is 0 Å². The van der Waals surface area contributed by atoms with Crippen molar-refractivity contribution in [3.63, 3.8) is 0 Å². The minimum absolute atomic E-state index is 0.167. The Bertz CT molecular complexity index is 730. The molecule has 0 aliphatic carbocycles. The number of carbonyl (C=O) groups excluding carboxylic acids is 1. The Labute approximate surface area is 133 Å². The average Bonchev–Trinajstić information content (AvgIpc) is 2.53. The van der Waals surface area contributed by atoms with Crippen LogP contribution < -0.4 is 15.4 Å². The Kier molecular flexibility index (Phi) is 4.02. The first kappa shape index (κ1) is 14.5. The third-order valence-corrected chi connectivity index (χ3v) is 3.62. The summed E-state index contributed by atoms with van der Waals surface area (Å²) in [6.45, 7) is 4.05. The summed E-state index contributed by atoms with van der Waals surface area (Å²) in [5.74, 6) is 0.539. The molecule has 0 spiro atoms. The van der Waals surface area contributed by atoms with Gasteiger partial charge in [-0.05, 0) is 24.3 Å². The number of halogens is 1. The van der Waals surface area contributed by atoms with Gasteiger partial charge in [-0.25, -0.2) is 0 Å². The van der Waals surface area contributed by atoms with E-state index in [9.17, 15) is 4.79 Å². The Morgan fingerprint density at radius 2 is 2.05 bits per heavy atom. The van der Waals surface area contributed by atoms with Crippen LogP contribution in [0.4, 0.5) is 5.69 Å². The summed E-state index contributed by atoms with van der Waals surface area (Å²) < 4.78 is 5.65. The molecule has 4 nitrogen and oxygen atoms in total. The van der Waals surface area contributed by atoms with Crippen LogP contribution in [0.5, 0.6) is 5.75 Å². The molecule has 5 heteroatoms. The summed E-state index contributed by atoms with van der Waals surface area (Å²) in [7, 11) is 0. The van der Waals surface area contributed by atoms with Crippen molar-refractivity contribution < 1.29 is 9.53 Å². The Hall–Kier alpha value is -2.46. The van der Waals surface area contributed by atoms with E-state index in [2.05, 4.69) is 17.2 Å². The van der Waals surface area contributed by atoms with E-state index in [0.29, 0.717) is 22.9 Å². The largest absolute Gasteiger partial charge is 0.489 e. The molecule has 0 saturated carbocycles. The first-order valence-electron chi connectivity index (χ1n) is 6.88. The number of carbonyl (C=O) groups is 1. The van der Waals surface area contributed by atoms with Crippen LogP contribution in [0, 0.1) is 0 Å². The Morgan fingerprint density at radius 3 is 2.86 bits per heavy atom. The highest BCUT2D eigenvalue weighted by Crippen LogP contribution is 2.32. The van der Waals surface area contributed by atoms with Crippen molar-refractivity contribution in [3.05, 3.63) is 71.3 Å². The van der Waals surface area contributed by atoms with Crippen molar-refractivity contribution in [2.75, 3.05) is 11.9 Å². The minimum Gasteiger partial charge on any atom is -0.489 e. The fourth-order valence-electron chi connectivity index (χ4n) is 2.39. The van der Waals surface area contributed by atoms with Gasteiger partial charge in [0.15, 0.2) is 0 Å². The van der Waals surface area contributed by atoms with Gasteiger partial charge >= 0.3 is 0 Å². The normalized spacial score (nSPS) is 16.2. The van der Waals surface area contributed by atoms with Crippen molar-refractivity contribution in [2.45, 2.75) is 6.17 Å². The molecule has 0 unspecified atom stereocenters. The monoisotopic (exact) mass is 314 g/mol. The molecule has 1 heterocycles. The van der Waals surface area contributed by atoms with Gasteiger partial charge in [0.05, 0.1) is 5.56 Å². The van der Waals surface area contributed by atoms with Crippen molar-refractivity contribution >= 4 is 23.2 Å². The second-order valence-electron chi connectivity index (χ2n) is 4.88. The number of benzene rings is 2. The maximum Gasteiger partial charge on any atom is 0.255 e. The third kappa shape index (κ3) is 2.78. The lowest BCUT2D eigenvalue weighted by molar-refractivity contribution is 0.0935. The predicted molar refractivity (Wildman–Crippen MR) is 87.4 cm³/mol. The highest BCUT2D eigenvalue weighted by atomic mass is 35.5. The molecule has 112 valence electrons. The fraction of sp³-hybridized carbons (Fsp3) is 0.118. The van der Waals surface area contributed by atoms with Crippen LogP contribution >= 0.6 is 11.6 Å². The van der Waals surface area contributed by atoms with Crippen molar-refractivity contribution in [1.29, 1.82) is 0 Å². The van der Waals surface area contributed by atoms with Gasteiger partial charge in [0.2, 0.25) is 0 Å². The molecule has 2 aromatic carbocycles. The van der Waals surface area contributed by atoms with E-state index in [1.807, 2.05) is 24.3 Å². The number of para-hydroxylation sites is 1. The zero-order chi connectivity index (χ0) is 15.5. The number of anilines is 1. The number of amides is 1. The molecule has 0 fully saturated rings. The van der Waals surface area contributed by atoms with E-state index in [-0.39, 0.29) is 12.1 Å². The molecule has 0 saturated heterocycles. The average molecular weight is 315 g/mol. The molecular formula is C17H15ClN2O2. The first-order chi connectivity index (χ1) is 10.7. The van der Waals surface area contributed by atoms with E-state index in [0.717, 1.165) is 11.3 Å². The highest BCUT2D eigenvalue weighted by Gasteiger charge is 2.26. The number of nitrogens with one attached hydrogen (secondary N) is 2. The maximum atomic E-state index is 12.3. The Balaban J connectivity index is 1.93. The molecular weight excluding hydrogens is 300 g/mol. The maximum absolute atomic E-state index is 12.3. The van der Waals surface area contributed by atoms with Gasteiger partial charge in [-0.3, -0.25) is 4.79 Å². The zero-order valence-electron chi connectivity index (χ0n) is 11.8. The smallest absolute Gasteiger partial charge is 0.255 e. The van der Waals surface area contributed by atoms with E-state index in [1.165, 1.54) is 0 Å².